The van der Waals surface area contributed by atoms with E-state index in [0.717, 1.165) is 66.4 Å². The summed E-state index contributed by atoms with van der Waals surface area (Å²) in [6.07, 6.45) is 14.2. The average Bonchev–Trinajstić information content (AvgIpc) is 3.47. The molecule has 1 heterocycles. The van der Waals surface area contributed by atoms with Crippen LogP contribution in [0.1, 0.15) is 106 Å². The van der Waals surface area contributed by atoms with Crippen molar-refractivity contribution in [1.29, 1.82) is 0 Å². The Morgan fingerprint density at radius 3 is 2.53 bits per heavy atom. The van der Waals surface area contributed by atoms with Crippen molar-refractivity contribution >= 4 is 5.97 Å². The van der Waals surface area contributed by atoms with Gasteiger partial charge in [-0.25, -0.2) is 0 Å². The highest BCUT2D eigenvalue weighted by atomic mass is 16.5. The molecule has 1 N–H and O–H groups in total. The van der Waals surface area contributed by atoms with Crippen LogP contribution in [0.15, 0.2) is 11.6 Å². The number of rotatable bonds is 6. The topological polar surface area (TPSA) is 48.2 Å². The van der Waals surface area contributed by atoms with Crippen molar-refractivity contribution in [2.24, 2.45) is 52.3 Å². The molecule has 0 bridgehead atoms. The van der Waals surface area contributed by atoms with Gasteiger partial charge in [0.15, 0.2) is 0 Å². The lowest BCUT2D eigenvalue weighted by Crippen LogP contribution is -2.51. The minimum Gasteiger partial charge on any atom is -0.462 e. The maximum atomic E-state index is 11.5. The van der Waals surface area contributed by atoms with Crippen molar-refractivity contribution in [2.45, 2.75) is 124 Å². The number of hydrogen-bond donors (Lipinski definition) is 1. The number of nitrogens with one attached hydrogen (secondary N) is 1. The molecule has 11 unspecified atom stereocenters. The summed E-state index contributed by atoms with van der Waals surface area (Å²) in [5.41, 5.74) is 2.47. The molecule has 1 saturated heterocycles. The lowest BCUT2D eigenvalue weighted by atomic mass is 9.47. The molecule has 3 heteroatoms. The van der Waals surface area contributed by atoms with Crippen LogP contribution in [-0.4, -0.2) is 24.2 Å². The van der Waals surface area contributed by atoms with Crippen LogP contribution in [0.3, 0.4) is 0 Å². The fourth-order valence-electron chi connectivity index (χ4n) is 10.3. The van der Waals surface area contributed by atoms with Gasteiger partial charge in [0.05, 0.1) is 0 Å². The zero-order valence-electron chi connectivity index (χ0n) is 23.0. The zero-order valence-corrected chi connectivity index (χ0v) is 23.0. The Hall–Kier alpha value is -0.830. The standard InChI is InChI=1S/C31H51NO2/c1-8-23(18(2)3)29-28(32-29)19(4)25-11-12-26-24-10-9-21-17-22(34-20(5)33)13-15-30(21,6)27(24)14-16-31(25,26)7/h9,18-19,22-29,32H,8,10-17H2,1-7H3. The van der Waals surface area contributed by atoms with Gasteiger partial charge in [-0.15, -0.1) is 0 Å². The van der Waals surface area contributed by atoms with Crippen molar-refractivity contribution in [3.05, 3.63) is 11.6 Å². The van der Waals surface area contributed by atoms with Gasteiger partial charge in [-0.05, 0) is 97.2 Å². The van der Waals surface area contributed by atoms with Gasteiger partial charge < -0.3 is 10.1 Å². The number of ether oxygens (including phenoxy) is 1. The molecule has 3 saturated carbocycles. The molecule has 0 aromatic rings. The van der Waals surface area contributed by atoms with E-state index in [2.05, 4.69) is 52.9 Å². The molecule has 3 nitrogen and oxygen atoms in total. The van der Waals surface area contributed by atoms with Crippen LogP contribution < -0.4 is 5.32 Å². The molecule has 34 heavy (non-hydrogen) atoms. The lowest BCUT2D eigenvalue weighted by molar-refractivity contribution is -0.148. The molecule has 1 aliphatic heterocycles. The fourth-order valence-corrected chi connectivity index (χ4v) is 10.3. The molecule has 192 valence electrons. The molecule has 0 aromatic carbocycles. The van der Waals surface area contributed by atoms with Crippen molar-refractivity contribution in [3.8, 4) is 0 Å². The Bertz CT molecular complexity index is 818. The van der Waals surface area contributed by atoms with E-state index < -0.39 is 0 Å². The predicted octanol–water partition coefficient (Wildman–Crippen LogP) is 7.16. The summed E-state index contributed by atoms with van der Waals surface area (Å²) in [6.45, 7) is 16.6. The zero-order chi connectivity index (χ0) is 24.4. The number of allylic oxidation sites excluding steroid dienone is 1. The lowest BCUT2D eigenvalue weighted by Gasteiger charge is -2.58. The fraction of sp³-hybridized carbons (Fsp3) is 0.903. The number of esters is 1. The highest BCUT2D eigenvalue weighted by Crippen LogP contribution is 2.67. The minimum atomic E-state index is -0.117. The first-order chi connectivity index (χ1) is 16.1. The first-order valence-electron chi connectivity index (χ1n) is 14.7. The maximum absolute atomic E-state index is 11.5. The maximum Gasteiger partial charge on any atom is 0.302 e. The third-order valence-electron chi connectivity index (χ3n) is 12.1. The Morgan fingerprint density at radius 1 is 1.09 bits per heavy atom. The van der Waals surface area contributed by atoms with E-state index in [1.165, 1.54) is 44.9 Å². The SMILES string of the molecule is CCC(C(C)C)C1NC1C(C)C1CCC2C3CC=C4CC(OC(C)=O)CCC4(C)C3CCC12C. The minimum absolute atomic E-state index is 0.107. The molecule has 5 rings (SSSR count). The molecular weight excluding hydrogens is 418 g/mol. The first-order valence-corrected chi connectivity index (χ1v) is 14.7. The highest BCUT2D eigenvalue weighted by molar-refractivity contribution is 5.66. The molecule has 0 aromatic heterocycles. The average molecular weight is 470 g/mol. The Balaban J connectivity index is 1.30. The molecule has 0 radical (unpaired) electrons. The van der Waals surface area contributed by atoms with Crippen LogP contribution in [0.25, 0.3) is 0 Å². The van der Waals surface area contributed by atoms with Crippen LogP contribution in [0.4, 0.5) is 0 Å². The van der Waals surface area contributed by atoms with Crippen LogP contribution in [0, 0.1) is 52.3 Å². The number of carbonyl (C=O) groups excluding carboxylic acids is 1. The van der Waals surface area contributed by atoms with Gasteiger partial charge in [0, 0.05) is 25.4 Å². The van der Waals surface area contributed by atoms with E-state index in [-0.39, 0.29) is 12.1 Å². The van der Waals surface area contributed by atoms with E-state index in [9.17, 15) is 4.79 Å². The van der Waals surface area contributed by atoms with Crippen molar-refractivity contribution in [2.75, 3.05) is 0 Å². The third-order valence-corrected chi connectivity index (χ3v) is 12.1. The molecular formula is C31H51NO2. The summed E-state index contributed by atoms with van der Waals surface area (Å²) < 4.78 is 5.64. The second-order valence-corrected chi connectivity index (χ2v) is 13.9. The molecule has 5 aliphatic rings. The van der Waals surface area contributed by atoms with Gasteiger partial charge in [0.25, 0.3) is 0 Å². The van der Waals surface area contributed by atoms with Gasteiger partial charge in [-0.3, -0.25) is 4.79 Å². The second kappa shape index (κ2) is 8.93. The second-order valence-electron chi connectivity index (χ2n) is 13.9. The van der Waals surface area contributed by atoms with Crippen molar-refractivity contribution < 1.29 is 9.53 Å². The molecule has 4 fully saturated rings. The first kappa shape index (κ1) is 24.8. The molecule has 11 atom stereocenters. The molecule has 0 amide bonds. The number of fused-ring (bicyclic) bond motifs is 5. The Kier molecular flexibility index (Phi) is 6.52. The summed E-state index contributed by atoms with van der Waals surface area (Å²) >= 11 is 0. The normalized spacial score (nSPS) is 47.2. The summed E-state index contributed by atoms with van der Waals surface area (Å²) in [5, 5.41) is 3.96. The van der Waals surface area contributed by atoms with E-state index in [0.29, 0.717) is 10.8 Å². The van der Waals surface area contributed by atoms with Crippen molar-refractivity contribution in [3.63, 3.8) is 0 Å². The Morgan fingerprint density at radius 2 is 1.85 bits per heavy atom. The van der Waals surface area contributed by atoms with Crippen LogP contribution in [0.5, 0.6) is 0 Å². The van der Waals surface area contributed by atoms with Gasteiger partial charge >= 0.3 is 5.97 Å². The summed E-state index contributed by atoms with van der Waals surface area (Å²) in [4.78, 5) is 11.5. The van der Waals surface area contributed by atoms with Gasteiger partial charge in [0.2, 0.25) is 0 Å². The smallest absolute Gasteiger partial charge is 0.302 e. The molecule has 0 spiro atoms. The largest absolute Gasteiger partial charge is 0.462 e. The third kappa shape index (κ3) is 3.91. The van der Waals surface area contributed by atoms with E-state index >= 15 is 0 Å². The summed E-state index contributed by atoms with van der Waals surface area (Å²) in [5.74, 6) is 5.75. The number of carbonyl (C=O) groups is 1. The molecule has 4 aliphatic carbocycles. The monoisotopic (exact) mass is 469 g/mol. The van der Waals surface area contributed by atoms with Crippen LogP contribution in [-0.2, 0) is 9.53 Å². The quantitative estimate of drug-likeness (QED) is 0.255. The van der Waals surface area contributed by atoms with Gasteiger partial charge in [-0.1, -0.05) is 59.6 Å². The van der Waals surface area contributed by atoms with Crippen LogP contribution in [0.2, 0.25) is 0 Å². The highest BCUT2D eigenvalue weighted by Gasteiger charge is 2.61. The van der Waals surface area contributed by atoms with Crippen molar-refractivity contribution in [1.82, 2.24) is 5.32 Å². The summed E-state index contributed by atoms with van der Waals surface area (Å²) in [6, 6.07) is 1.50. The Labute approximate surface area is 209 Å². The van der Waals surface area contributed by atoms with E-state index in [4.69, 9.17) is 4.74 Å². The van der Waals surface area contributed by atoms with Gasteiger partial charge in [-0.2, -0.15) is 0 Å². The van der Waals surface area contributed by atoms with Gasteiger partial charge in [0.1, 0.15) is 6.10 Å². The van der Waals surface area contributed by atoms with E-state index in [1.807, 2.05) is 0 Å². The predicted molar refractivity (Wildman–Crippen MR) is 139 cm³/mol. The van der Waals surface area contributed by atoms with E-state index in [1.54, 1.807) is 12.5 Å². The number of hydrogen-bond acceptors (Lipinski definition) is 3. The summed E-state index contributed by atoms with van der Waals surface area (Å²) in [7, 11) is 0. The van der Waals surface area contributed by atoms with Crippen LogP contribution >= 0.6 is 0 Å².